The maximum absolute atomic E-state index is 12.9. The Morgan fingerprint density at radius 2 is 2.21 bits per heavy atom. The van der Waals surface area contributed by atoms with Gasteiger partial charge in [0.1, 0.15) is 5.82 Å². The predicted molar refractivity (Wildman–Crippen MR) is 65.1 cm³/mol. The van der Waals surface area contributed by atoms with E-state index >= 15 is 0 Å². The number of hydrogen-bond donors (Lipinski definition) is 2. The Labute approximate surface area is 109 Å². The molecule has 7 heteroatoms. The maximum atomic E-state index is 12.9. The summed E-state index contributed by atoms with van der Waals surface area (Å²) in [6, 6.07) is 0.710. The molecule has 6 nitrogen and oxygen atoms in total. The smallest absolute Gasteiger partial charge is 0.321 e. The molecule has 0 aromatic carbocycles. The molecule has 1 aromatic heterocycles. The van der Waals surface area contributed by atoms with E-state index in [0.29, 0.717) is 6.54 Å². The lowest BCUT2D eigenvalue weighted by molar-refractivity contribution is -0.142. The highest BCUT2D eigenvalue weighted by Gasteiger charge is 2.36. The molecule has 19 heavy (non-hydrogen) atoms. The summed E-state index contributed by atoms with van der Waals surface area (Å²) in [6.45, 7) is 2.31. The Bertz CT molecular complexity index is 509. The van der Waals surface area contributed by atoms with E-state index in [1.54, 1.807) is 6.92 Å². The molecule has 1 fully saturated rings. The second-order valence-corrected chi connectivity index (χ2v) is 4.65. The Balaban J connectivity index is 2.00. The second kappa shape index (κ2) is 5.21. The van der Waals surface area contributed by atoms with E-state index in [4.69, 9.17) is 5.11 Å². The van der Waals surface area contributed by atoms with Crippen LogP contribution in [0.3, 0.4) is 0 Å². The van der Waals surface area contributed by atoms with Gasteiger partial charge in [-0.1, -0.05) is 6.92 Å². The van der Waals surface area contributed by atoms with Crippen molar-refractivity contribution in [1.82, 2.24) is 9.88 Å². The zero-order valence-electron chi connectivity index (χ0n) is 10.3. The SMILES string of the molecule is C[C@@H]1CN(C(=O)Nc2cncc(F)c2)C[C@H]1C(=O)O. The number of halogens is 1. The van der Waals surface area contributed by atoms with Gasteiger partial charge in [-0.15, -0.1) is 0 Å². The van der Waals surface area contributed by atoms with E-state index in [-0.39, 0.29) is 18.2 Å². The van der Waals surface area contributed by atoms with Gasteiger partial charge >= 0.3 is 12.0 Å². The van der Waals surface area contributed by atoms with Crippen LogP contribution in [0.4, 0.5) is 14.9 Å². The molecule has 1 saturated heterocycles. The van der Waals surface area contributed by atoms with Crippen LogP contribution in [0.1, 0.15) is 6.92 Å². The third kappa shape index (κ3) is 2.98. The first kappa shape index (κ1) is 13.3. The number of aromatic nitrogens is 1. The zero-order chi connectivity index (χ0) is 14.0. The normalized spacial score (nSPS) is 22.3. The molecule has 0 bridgehead atoms. The number of carbonyl (C=O) groups is 2. The topological polar surface area (TPSA) is 82.5 Å². The Morgan fingerprint density at radius 1 is 1.47 bits per heavy atom. The molecular weight excluding hydrogens is 253 g/mol. The predicted octanol–water partition coefficient (Wildman–Crippen LogP) is 1.41. The minimum absolute atomic E-state index is 0.103. The molecular formula is C12H14FN3O3. The molecule has 2 rings (SSSR count). The van der Waals surface area contributed by atoms with E-state index < -0.39 is 23.7 Å². The quantitative estimate of drug-likeness (QED) is 0.848. The number of carboxylic acid groups (broad SMARTS) is 1. The Kier molecular flexibility index (Phi) is 3.64. The van der Waals surface area contributed by atoms with Crippen LogP contribution < -0.4 is 5.32 Å². The number of rotatable bonds is 2. The van der Waals surface area contributed by atoms with Crippen LogP contribution in [0.15, 0.2) is 18.5 Å². The first-order valence-electron chi connectivity index (χ1n) is 5.86. The van der Waals surface area contributed by atoms with E-state index in [9.17, 15) is 14.0 Å². The van der Waals surface area contributed by atoms with Gasteiger partial charge in [0.05, 0.1) is 24.0 Å². The van der Waals surface area contributed by atoms with E-state index in [1.807, 2.05) is 0 Å². The summed E-state index contributed by atoms with van der Waals surface area (Å²) in [5, 5.41) is 11.5. The van der Waals surface area contributed by atoms with Crippen molar-refractivity contribution in [2.24, 2.45) is 11.8 Å². The van der Waals surface area contributed by atoms with Gasteiger partial charge in [0.25, 0.3) is 0 Å². The van der Waals surface area contributed by atoms with Crippen LogP contribution >= 0.6 is 0 Å². The van der Waals surface area contributed by atoms with Gasteiger partial charge in [-0.2, -0.15) is 0 Å². The number of carbonyl (C=O) groups excluding carboxylic acids is 1. The van der Waals surface area contributed by atoms with E-state index in [1.165, 1.54) is 11.1 Å². The summed E-state index contributed by atoms with van der Waals surface area (Å²) in [7, 11) is 0. The zero-order valence-corrected chi connectivity index (χ0v) is 10.3. The number of urea groups is 1. The Morgan fingerprint density at radius 3 is 2.79 bits per heavy atom. The van der Waals surface area contributed by atoms with Crippen LogP contribution in [0.5, 0.6) is 0 Å². The monoisotopic (exact) mass is 267 g/mol. The molecule has 2 heterocycles. The Hall–Kier alpha value is -2.18. The molecule has 1 aliphatic heterocycles. The van der Waals surface area contributed by atoms with Crippen LogP contribution in [0.25, 0.3) is 0 Å². The largest absolute Gasteiger partial charge is 0.481 e. The van der Waals surface area contributed by atoms with E-state index in [0.717, 1.165) is 12.3 Å². The summed E-state index contributed by atoms with van der Waals surface area (Å²) in [4.78, 5) is 27.9. The van der Waals surface area contributed by atoms with Crippen molar-refractivity contribution in [3.8, 4) is 0 Å². The highest BCUT2D eigenvalue weighted by atomic mass is 19.1. The molecule has 0 spiro atoms. The summed E-state index contributed by atoms with van der Waals surface area (Å²) in [5.74, 6) is -2.11. The molecule has 0 aliphatic carbocycles. The second-order valence-electron chi connectivity index (χ2n) is 4.65. The lowest BCUT2D eigenvalue weighted by Gasteiger charge is -2.16. The molecule has 102 valence electrons. The molecule has 0 radical (unpaired) electrons. The van der Waals surface area contributed by atoms with Gasteiger partial charge in [0.15, 0.2) is 0 Å². The van der Waals surface area contributed by atoms with Gasteiger partial charge in [-0.05, 0) is 5.92 Å². The van der Waals surface area contributed by atoms with Gasteiger partial charge in [0, 0.05) is 19.2 Å². The number of hydrogen-bond acceptors (Lipinski definition) is 3. The standard InChI is InChI=1S/C12H14FN3O3/c1-7-5-16(6-10(7)11(17)18)12(19)15-9-2-8(13)3-14-4-9/h2-4,7,10H,5-6H2,1H3,(H,15,19)(H,17,18)/t7-,10-/m1/s1. The third-order valence-corrected chi connectivity index (χ3v) is 3.17. The van der Waals surface area contributed by atoms with Crippen LogP contribution in [-0.2, 0) is 4.79 Å². The molecule has 2 N–H and O–H groups in total. The lowest BCUT2D eigenvalue weighted by atomic mass is 9.99. The van der Waals surface area contributed by atoms with Crippen molar-refractivity contribution in [2.45, 2.75) is 6.92 Å². The first-order chi connectivity index (χ1) is 8.97. The fourth-order valence-corrected chi connectivity index (χ4v) is 2.14. The first-order valence-corrected chi connectivity index (χ1v) is 5.86. The van der Waals surface area contributed by atoms with Crippen molar-refractivity contribution in [3.63, 3.8) is 0 Å². The van der Waals surface area contributed by atoms with Gasteiger partial charge in [-0.3, -0.25) is 9.78 Å². The summed E-state index contributed by atoms with van der Waals surface area (Å²) < 4.78 is 12.9. The third-order valence-electron chi connectivity index (χ3n) is 3.17. The highest BCUT2D eigenvalue weighted by Crippen LogP contribution is 2.23. The molecule has 0 saturated carbocycles. The number of carboxylic acids is 1. The number of aliphatic carboxylic acids is 1. The van der Waals surface area contributed by atoms with Gasteiger partial charge in [0.2, 0.25) is 0 Å². The van der Waals surface area contributed by atoms with Gasteiger partial charge in [-0.25, -0.2) is 9.18 Å². The van der Waals surface area contributed by atoms with Crippen LogP contribution in [-0.4, -0.2) is 40.1 Å². The van der Waals surface area contributed by atoms with Crippen LogP contribution in [0, 0.1) is 17.7 Å². The number of pyridine rings is 1. The molecule has 1 aromatic rings. The lowest BCUT2D eigenvalue weighted by Crippen LogP contribution is -2.33. The van der Waals surface area contributed by atoms with Crippen molar-refractivity contribution >= 4 is 17.7 Å². The van der Waals surface area contributed by atoms with Crippen molar-refractivity contribution in [3.05, 3.63) is 24.3 Å². The summed E-state index contributed by atoms with van der Waals surface area (Å²) in [6.07, 6.45) is 2.36. The highest BCUT2D eigenvalue weighted by molar-refractivity contribution is 5.89. The van der Waals surface area contributed by atoms with Crippen molar-refractivity contribution in [1.29, 1.82) is 0 Å². The number of likely N-dealkylation sites (tertiary alicyclic amines) is 1. The minimum Gasteiger partial charge on any atom is -0.481 e. The number of amides is 2. The van der Waals surface area contributed by atoms with Crippen molar-refractivity contribution < 1.29 is 19.1 Å². The van der Waals surface area contributed by atoms with Crippen LogP contribution in [0.2, 0.25) is 0 Å². The van der Waals surface area contributed by atoms with Gasteiger partial charge < -0.3 is 15.3 Å². The summed E-state index contributed by atoms with van der Waals surface area (Å²) in [5.41, 5.74) is 0.247. The van der Waals surface area contributed by atoms with E-state index in [2.05, 4.69) is 10.3 Å². The molecule has 1 aliphatic rings. The number of nitrogens with one attached hydrogen (secondary N) is 1. The molecule has 0 unspecified atom stereocenters. The number of anilines is 1. The fourth-order valence-electron chi connectivity index (χ4n) is 2.14. The minimum atomic E-state index is -0.907. The summed E-state index contributed by atoms with van der Waals surface area (Å²) >= 11 is 0. The average molecular weight is 267 g/mol. The van der Waals surface area contributed by atoms with Crippen molar-refractivity contribution in [2.75, 3.05) is 18.4 Å². The average Bonchev–Trinajstić information content (AvgIpc) is 2.71. The fraction of sp³-hybridized carbons (Fsp3) is 0.417. The number of nitrogens with zero attached hydrogens (tertiary/aromatic N) is 2. The maximum Gasteiger partial charge on any atom is 0.321 e. The molecule has 2 atom stereocenters. The molecule has 2 amide bonds.